The van der Waals surface area contributed by atoms with Crippen LogP contribution in [-0.2, 0) is 13.6 Å². The van der Waals surface area contributed by atoms with Crippen LogP contribution < -0.4 is 10.6 Å². The van der Waals surface area contributed by atoms with Crippen LogP contribution in [0.15, 0.2) is 67.4 Å². The van der Waals surface area contributed by atoms with Crippen molar-refractivity contribution >= 4 is 11.6 Å². The minimum atomic E-state index is -0.0814. The largest absolute Gasteiger partial charge is 0.378 e. The van der Waals surface area contributed by atoms with E-state index in [2.05, 4.69) is 35.8 Å². The number of rotatable bonds is 8. The number of anilines is 1. The summed E-state index contributed by atoms with van der Waals surface area (Å²) in [6.07, 6.45) is 10.2. The monoisotopic (exact) mass is 454 g/mol. The molecule has 34 heavy (non-hydrogen) atoms. The Morgan fingerprint density at radius 2 is 1.91 bits per heavy atom. The van der Waals surface area contributed by atoms with Gasteiger partial charge in [-0.25, -0.2) is 9.97 Å². The van der Waals surface area contributed by atoms with Crippen molar-refractivity contribution in [1.82, 2.24) is 35.0 Å². The molecule has 0 radical (unpaired) electrons. The zero-order valence-electron chi connectivity index (χ0n) is 18.9. The van der Waals surface area contributed by atoms with Gasteiger partial charge in [0.2, 0.25) is 0 Å². The summed E-state index contributed by atoms with van der Waals surface area (Å²) in [5.41, 5.74) is 3.26. The highest BCUT2D eigenvalue weighted by Crippen LogP contribution is 2.37. The Balaban J connectivity index is 1.26. The number of benzene rings is 1. The lowest BCUT2D eigenvalue weighted by molar-refractivity contribution is 0.0900. The van der Waals surface area contributed by atoms with Gasteiger partial charge in [0.05, 0.1) is 12.6 Å². The molecule has 1 amide bonds. The van der Waals surface area contributed by atoms with Gasteiger partial charge < -0.3 is 15.2 Å². The third-order valence-corrected chi connectivity index (χ3v) is 6.32. The lowest BCUT2D eigenvalue weighted by Crippen LogP contribution is -2.36. The molecule has 4 aromatic rings. The molecule has 1 atom stereocenters. The molecular weight excluding hydrogens is 428 g/mol. The van der Waals surface area contributed by atoms with E-state index in [0.29, 0.717) is 29.5 Å². The summed E-state index contributed by atoms with van der Waals surface area (Å²) in [5, 5.41) is 15.1. The second-order valence-electron chi connectivity index (χ2n) is 8.45. The predicted molar refractivity (Wildman–Crippen MR) is 128 cm³/mol. The van der Waals surface area contributed by atoms with Crippen LogP contribution in [0.2, 0.25) is 0 Å². The summed E-state index contributed by atoms with van der Waals surface area (Å²) in [6, 6.07) is 13.3. The van der Waals surface area contributed by atoms with Crippen molar-refractivity contribution in [3.63, 3.8) is 0 Å². The molecule has 0 saturated heterocycles. The second kappa shape index (κ2) is 9.78. The first-order valence-electron chi connectivity index (χ1n) is 11.4. The minimum Gasteiger partial charge on any atom is -0.378 e. The maximum atomic E-state index is 13.1. The van der Waals surface area contributed by atoms with Gasteiger partial charge in [0.1, 0.15) is 12.0 Å². The second-order valence-corrected chi connectivity index (χ2v) is 8.45. The Labute approximate surface area is 197 Å². The lowest BCUT2D eigenvalue weighted by Gasteiger charge is -2.34. The summed E-state index contributed by atoms with van der Waals surface area (Å²) < 4.78 is 1.89. The van der Waals surface area contributed by atoms with Crippen LogP contribution in [0.5, 0.6) is 0 Å². The van der Waals surface area contributed by atoms with Gasteiger partial charge in [0.25, 0.3) is 5.91 Å². The van der Waals surface area contributed by atoms with Gasteiger partial charge in [0.15, 0.2) is 11.6 Å². The fraction of sp³-hybridized carbons (Fsp3) is 0.280. The van der Waals surface area contributed by atoms with Crippen molar-refractivity contribution in [1.29, 1.82) is 0 Å². The molecule has 2 N–H and O–H groups in total. The quantitative estimate of drug-likeness (QED) is 0.419. The zero-order valence-corrected chi connectivity index (χ0v) is 18.9. The molecule has 5 rings (SSSR count). The molecule has 1 aliphatic rings. The Hall–Kier alpha value is -4.14. The van der Waals surface area contributed by atoms with Gasteiger partial charge in [-0.1, -0.05) is 12.5 Å². The van der Waals surface area contributed by atoms with Crippen molar-refractivity contribution in [2.24, 2.45) is 13.0 Å². The van der Waals surface area contributed by atoms with Crippen LogP contribution in [0.3, 0.4) is 0 Å². The van der Waals surface area contributed by atoms with E-state index >= 15 is 0 Å². The first-order chi connectivity index (χ1) is 16.7. The van der Waals surface area contributed by atoms with E-state index in [9.17, 15) is 4.79 Å². The number of nitrogens with zero attached hydrogens (tertiary/aromatic N) is 6. The van der Waals surface area contributed by atoms with Crippen molar-refractivity contribution in [2.45, 2.75) is 31.8 Å². The predicted octanol–water partition coefficient (Wildman–Crippen LogP) is 3.55. The smallest absolute Gasteiger partial charge is 0.251 e. The number of hydrogen-bond acceptors (Lipinski definition) is 7. The van der Waals surface area contributed by atoms with Gasteiger partial charge in [-0.3, -0.25) is 9.78 Å². The molecule has 0 aliphatic heterocycles. The summed E-state index contributed by atoms with van der Waals surface area (Å²) in [4.78, 5) is 25.4. The molecule has 0 spiro atoms. The fourth-order valence-corrected chi connectivity index (χ4v) is 4.15. The van der Waals surface area contributed by atoms with Gasteiger partial charge in [-0.05, 0) is 60.7 Å². The maximum Gasteiger partial charge on any atom is 0.251 e. The Kier molecular flexibility index (Phi) is 6.24. The number of carbonyl (C=O) groups excluding carboxylic acids is 1. The first-order valence-corrected chi connectivity index (χ1v) is 11.4. The summed E-state index contributed by atoms with van der Waals surface area (Å²) >= 11 is 0. The number of carbonyl (C=O) groups is 1. The van der Waals surface area contributed by atoms with E-state index < -0.39 is 0 Å². The summed E-state index contributed by atoms with van der Waals surface area (Å²) in [5.74, 6) is 1.81. The van der Waals surface area contributed by atoms with Crippen molar-refractivity contribution in [2.75, 3.05) is 5.32 Å². The van der Waals surface area contributed by atoms with E-state index in [1.807, 2.05) is 48.0 Å². The molecule has 3 aromatic heterocycles. The average molecular weight is 455 g/mol. The van der Waals surface area contributed by atoms with Gasteiger partial charge in [0, 0.05) is 36.9 Å². The highest BCUT2D eigenvalue weighted by molar-refractivity contribution is 5.95. The van der Waals surface area contributed by atoms with Crippen LogP contribution in [0, 0.1) is 5.92 Å². The minimum absolute atomic E-state index is 0.000255. The molecule has 1 unspecified atom stereocenters. The lowest BCUT2D eigenvalue weighted by atomic mass is 9.77. The van der Waals surface area contributed by atoms with Crippen LogP contribution in [0.25, 0.3) is 11.5 Å². The molecule has 0 bridgehead atoms. The zero-order chi connectivity index (χ0) is 23.3. The SMILES string of the molecule is Cn1c(CNc2cccc(C(=O)NC(c3ccncc3)C3CCC3)c2)nnc1-c1ccncn1. The molecule has 1 saturated carbocycles. The van der Waals surface area contributed by atoms with Crippen LogP contribution in [0.1, 0.15) is 47.1 Å². The van der Waals surface area contributed by atoms with Crippen LogP contribution >= 0.6 is 0 Å². The number of amides is 1. The normalized spacial score (nSPS) is 14.3. The van der Waals surface area contributed by atoms with Crippen molar-refractivity contribution in [3.8, 4) is 11.5 Å². The molecule has 9 nitrogen and oxygen atoms in total. The standard InChI is InChI=1S/C25H26N8O/c1-33-22(31-32-24(33)21-10-13-27-16-29-21)15-28-20-7-3-6-19(14-20)25(34)30-23(17-4-2-5-17)18-8-11-26-12-9-18/h3,6-14,16-17,23,28H,2,4-5,15H2,1H3,(H,30,34). The fourth-order valence-electron chi connectivity index (χ4n) is 4.15. The summed E-state index contributed by atoms with van der Waals surface area (Å²) in [6.45, 7) is 0.460. The third-order valence-electron chi connectivity index (χ3n) is 6.32. The van der Waals surface area contributed by atoms with E-state index in [0.717, 1.165) is 29.9 Å². The number of pyridine rings is 1. The molecular formula is C25H26N8O. The maximum absolute atomic E-state index is 13.1. The van der Waals surface area contributed by atoms with Gasteiger partial charge >= 0.3 is 0 Å². The van der Waals surface area contributed by atoms with E-state index in [-0.39, 0.29) is 11.9 Å². The molecule has 3 heterocycles. The third kappa shape index (κ3) is 4.63. The molecule has 9 heteroatoms. The van der Waals surface area contributed by atoms with Gasteiger partial charge in [-0.2, -0.15) is 0 Å². The topological polar surface area (TPSA) is 111 Å². The Morgan fingerprint density at radius 3 is 2.65 bits per heavy atom. The number of nitrogens with one attached hydrogen (secondary N) is 2. The van der Waals surface area contributed by atoms with Crippen LogP contribution in [0.4, 0.5) is 5.69 Å². The summed E-state index contributed by atoms with van der Waals surface area (Å²) in [7, 11) is 1.90. The average Bonchev–Trinajstić information content (AvgIpc) is 3.22. The number of aromatic nitrogens is 6. The Morgan fingerprint density at radius 1 is 1.09 bits per heavy atom. The molecule has 1 aromatic carbocycles. The highest BCUT2D eigenvalue weighted by atomic mass is 16.1. The first kappa shape index (κ1) is 21.7. The van der Waals surface area contributed by atoms with Gasteiger partial charge in [-0.15, -0.1) is 10.2 Å². The molecule has 172 valence electrons. The highest BCUT2D eigenvalue weighted by Gasteiger charge is 2.30. The van der Waals surface area contributed by atoms with E-state index in [4.69, 9.17) is 0 Å². The Bertz CT molecular complexity index is 1250. The van der Waals surface area contributed by atoms with Crippen LogP contribution in [-0.4, -0.2) is 35.6 Å². The van der Waals surface area contributed by atoms with E-state index in [1.54, 1.807) is 24.7 Å². The molecule has 1 fully saturated rings. The number of hydrogen-bond donors (Lipinski definition) is 2. The van der Waals surface area contributed by atoms with Crippen molar-refractivity contribution in [3.05, 3.63) is 84.3 Å². The van der Waals surface area contributed by atoms with E-state index in [1.165, 1.54) is 12.7 Å². The molecule has 1 aliphatic carbocycles. The van der Waals surface area contributed by atoms with Crippen molar-refractivity contribution < 1.29 is 4.79 Å².